The summed E-state index contributed by atoms with van der Waals surface area (Å²) in [6.45, 7) is 3.69. The van der Waals surface area contributed by atoms with Crippen LogP contribution in [-0.2, 0) is 27.2 Å². The van der Waals surface area contributed by atoms with Crippen LogP contribution in [0.15, 0.2) is 53.9 Å². The quantitative estimate of drug-likeness (QED) is 0.129. The van der Waals surface area contributed by atoms with Crippen LogP contribution >= 0.6 is 24.8 Å². The van der Waals surface area contributed by atoms with Crippen LogP contribution in [0.5, 0.6) is 0 Å². The van der Waals surface area contributed by atoms with E-state index in [0.29, 0.717) is 5.11 Å². The maximum atomic E-state index is 5.37. The zero-order chi connectivity index (χ0) is 25.6. The van der Waals surface area contributed by atoms with E-state index >= 15 is 0 Å². The first-order chi connectivity index (χ1) is 17.5. The number of benzene rings is 1. The molecule has 0 atom stereocenters. The lowest BCUT2D eigenvalue weighted by Gasteiger charge is -2.21. The summed E-state index contributed by atoms with van der Waals surface area (Å²) in [5, 5.41) is 7.19. The van der Waals surface area contributed by atoms with E-state index in [4.69, 9.17) is 12.2 Å². The Morgan fingerprint density at radius 2 is 1.36 bits per heavy atom. The molecule has 0 aliphatic carbocycles. The Morgan fingerprint density at radius 1 is 0.833 bits per heavy atom. The third kappa shape index (κ3) is 10.3. The van der Waals surface area contributed by atoms with Gasteiger partial charge < -0.3 is 19.8 Å². The second-order valence-corrected chi connectivity index (χ2v) is 10.3. The minimum Gasteiger partial charge on any atom is -0.362 e. The number of rotatable bonds is 16. The molecular weight excluding hydrogens is 486 g/mol. The van der Waals surface area contributed by atoms with E-state index in [9.17, 15) is 0 Å². The molecule has 7 nitrogen and oxygen atoms in total. The Morgan fingerprint density at radius 3 is 1.89 bits per heavy atom. The number of aromatic nitrogens is 4. The summed E-state index contributed by atoms with van der Waals surface area (Å²) < 4.78 is 4.21. The molecule has 0 radical (unpaired) electrons. The summed E-state index contributed by atoms with van der Waals surface area (Å²) in [7, 11) is 4.12. The molecule has 3 aromatic rings. The van der Waals surface area contributed by atoms with Crippen LogP contribution < -0.4 is 10.6 Å². The first kappa shape index (κ1) is 28.2. The van der Waals surface area contributed by atoms with Crippen molar-refractivity contribution in [1.29, 1.82) is 0 Å². The van der Waals surface area contributed by atoms with Gasteiger partial charge in [0.25, 0.3) is 0 Å². The molecular formula is C27H41N7S2. The van der Waals surface area contributed by atoms with Crippen LogP contribution in [0.3, 0.4) is 0 Å². The van der Waals surface area contributed by atoms with Gasteiger partial charge in [0.1, 0.15) is 11.6 Å². The molecule has 0 unspecified atom stereocenters. The highest BCUT2D eigenvalue weighted by atomic mass is 32.1. The maximum absolute atomic E-state index is 5.37. The number of nitrogens with one attached hydrogen (secondary N) is 2. The van der Waals surface area contributed by atoms with Crippen molar-refractivity contribution in [3.8, 4) is 0 Å². The van der Waals surface area contributed by atoms with Crippen molar-refractivity contribution in [2.24, 2.45) is 14.1 Å². The number of aryl methyl sites for hydroxylation is 2. The Balaban J connectivity index is 1.21. The summed E-state index contributed by atoms with van der Waals surface area (Å²) in [5.41, 5.74) is 0.988. The second kappa shape index (κ2) is 15.7. The van der Waals surface area contributed by atoms with Gasteiger partial charge in [-0.3, -0.25) is 4.90 Å². The molecule has 0 amide bonds. The Kier molecular flexibility index (Phi) is 12.3. The van der Waals surface area contributed by atoms with Gasteiger partial charge in [-0.2, -0.15) is 0 Å². The van der Waals surface area contributed by atoms with Crippen molar-refractivity contribution in [2.75, 3.05) is 18.4 Å². The fraction of sp³-hybridized carbons (Fsp3) is 0.519. The van der Waals surface area contributed by atoms with Crippen LogP contribution in [-0.4, -0.2) is 42.2 Å². The van der Waals surface area contributed by atoms with Crippen LogP contribution in [0.4, 0.5) is 5.69 Å². The maximum Gasteiger partial charge on any atom is 0.170 e. The average Bonchev–Trinajstić information content (AvgIpc) is 3.46. The first-order valence-corrected chi connectivity index (χ1v) is 13.9. The fourth-order valence-corrected chi connectivity index (χ4v) is 4.52. The molecule has 0 saturated heterocycles. The van der Waals surface area contributed by atoms with Crippen LogP contribution in [0.1, 0.15) is 63.0 Å². The standard InChI is InChI=1S/C27H41N7S2/c1-32-19-16-28-25(32)21-34(22-26-29-17-20-33(26)2)18-10-8-6-4-3-5-7-9-15-30-27(36)31-23-11-13-24(35)14-12-23/h11-14,16-17,19-20,35H,3-10,15,18,21-22H2,1-2H3,(H2,30,31,36). The Hall–Kier alpha value is -2.36. The van der Waals surface area contributed by atoms with Gasteiger partial charge in [-0.05, 0) is 55.9 Å². The van der Waals surface area contributed by atoms with Crippen LogP contribution in [0.25, 0.3) is 0 Å². The topological polar surface area (TPSA) is 62.9 Å². The molecule has 1 aromatic carbocycles. The van der Waals surface area contributed by atoms with E-state index in [1.807, 2.05) is 49.1 Å². The minimum atomic E-state index is 0.682. The molecule has 2 aromatic heterocycles. The highest BCUT2D eigenvalue weighted by Crippen LogP contribution is 2.13. The molecule has 9 heteroatoms. The third-order valence-corrected chi connectivity index (χ3v) is 6.93. The summed E-state index contributed by atoms with van der Waals surface area (Å²) in [6.07, 6.45) is 17.8. The molecule has 36 heavy (non-hydrogen) atoms. The minimum absolute atomic E-state index is 0.682. The van der Waals surface area contributed by atoms with Crippen molar-refractivity contribution in [1.82, 2.24) is 29.3 Å². The molecule has 0 bridgehead atoms. The van der Waals surface area contributed by atoms with E-state index in [2.05, 4.69) is 61.4 Å². The highest BCUT2D eigenvalue weighted by Gasteiger charge is 2.12. The van der Waals surface area contributed by atoms with Gasteiger partial charge >= 0.3 is 0 Å². The summed E-state index contributed by atoms with van der Waals surface area (Å²) in [5.74, 6) is 2.20. The third-order valence-electron chi connectivity index (χ3n) is 6.38. The van der Waals surface area contributed by atoms with E-state index in [1.54, 1.807) is 0 Å². The lowest BCUT2D eigenvalue weighted by Crippen LogP contribution is -2.29. The molecule has 2 heterocycles. The first-order valence-electron chi connectivity index (χ1n) is 13.0. The van der Waals surface area contributed by atoms with Crippen molar-refractivity contribution in [2.45, 2.75) is 69.4 Å². The molecule has 2 N–H and O–H groups in total. The number of imidazole rings is 2. The molecule has 0 aliphatic rings. The van der Waals surface area contributed by atoms with Crippen molar-refractivity contribution in [3.05, 3.63) is 60.7 Å². The zero-order valence-electron chi connectivity index (χ0n) is 21.7. The Labute approximate surface area is 227 Å². The van der Waals surface area contributed by atoms with Gasteiger partial charge in [0.15, 0.2) is 5.11 Å². The van der Waals surface area contributed by atoms with E-state index in [0.717, 1.165) is 54.8 Å². The van der Waals surface area contributed by atoms with Gasteiger partial charge in [-0.1, -0.05) is 38.5 Å². The SMILES string of the molecule is Cn1ccnc1CN(CCCCCCCCCCNC(=S)Nc1ccc(S)cc1)Cc1nccn1C. The fourth-order valence-electron chi connectivity index (χ4n) is 4.15. The van der Waals surface area contributed by atoms with Crippen molar-refractivity contribution >= 4 is 35.6 Å². The van der Waals surface area contributed by atoms with Gasteiger partial charge in [0, 0.05) is 56.0 Å². The van der Waals surface area contributed by atoms with Crippen molar-refractivity contribution < 1.29 is 0 Å². The number of thiocarbonyl (C=S) groups is 1. The molecule has 0 fully saturated rings. The number of hydrogen-bond donors (Lipinski definition) is 3. The smallest absolute Gasteiger partial charge is 0.170 e. The normalized spacial score (nSPS) is 11.2. The monoisotopic (exact) mass is 527 g/mol. The van der Waals surface area contributed by atoms with Gasteiger partial charge in [-0.25, -0.2) is 9.97 Å². The Bertz CT molecular complexity index is 987. The largest absolute Gasteiger partial charge is 0.362 e. The van der Waals surface area contributed by atoms with Crippen LogP contribution in [0, 0.1) is 0 Å². The summed E-state index contributed by atoms with van der Waals surface area (Å²) >= 11 is 9.67. The average molecular weight is 528 g/mol. The van der Waals surface area contributed by atoms with E-state index in [-0.39, 0.29) is 0 Å². The molecule has 0 aliphatic heterocycles. The predicted molar refractivity (Wildman–Crippen MR) is 155 cm³/mol. The van der Waals surface area contributed by atoms with Crippen molar-refractivity contribution in [3.63, 3.8) is 0 Å². The second-order valence-electron chi connectivity index (χ2n) is 9.38. The number of unbranched alkanes of at least 4 members (excludes halogenated alkanes) is 7. The number of thiol groups is 1. The summed E-state index contributed by atoms with van der Waals surface area (Å²) in [4.78, 5) is 12.4. The lowest BCUT2D eigenvalue weighted by atomic mass is 10.1. The lowest BCUT2D eigenvalue weighted by molar-refractivity contribution is 0.233. The predicted octanol–water partition coefficient (Wildman–Crippen LogP) is 5.55. The zero-order valence-corrected chi connectivity index (χ0v) is 23.4. The van der Waals surface area contributed by atoms with E-state index < -0.39 is 0 Å². The van der Waals surface area contributed by atoms with Crippen LogP contribution in [0.2, 0.25) is 0 Å². The number of anilines is 1. The van der Waals surface area contributed by atoms with Gasteiger partial charge in [0.05, 0.1) is 13.1 Å². The molecule has 3 rings (SSSR count). The van der Waals surface area contributed by atoms with E-state index in [1.165, 1.54) is 44.9 Å². The molecule has 196 valence electrons. The number of hydrogen-bond acceptors (Lipinski definition) is 5. The highest BCUT2D eigenvalue weighted by molar-refractivity contribution is 7.80. The number of nitrogens with zero attached hydrogens (tertiary/aromatic N) is 5. The molecule has 0 spiro atoms. The molecule has 0 saturated carbocycles. The van der Waals surface area contributed by atoms with Gasteiger partial charge in [-0.15, -0.1) is 12.6 Å². The summed E-state index contributed by atoms with van der Waals surface area (Å²) in [6, 6.07) is 7.87. The van der Waals surface area contributed by atoms with Gasteiger partial charge in [0.2, 0.25) is 0 Å².